The van der Waals surface area contributed by atoms with Gasteiger partial charge < -0.3 is 15.1 Å². The first-order valence-electron chi connectivity index (χ1n) is 5.55. The summed E-state index contributed by atoms with van der Waals surface area (Å²) in [5.74, 6) is 0.171. The van der Waals surface area contributed by atoms with Crippen molar-refractivity contribution in [3.63, 3.8) is 0 Å². The SMILES string of the molecule is CC1CC(C#N)(C(=O)N2CC(O)C(O)C2)C1. The normalized spacial score (nSPS) is 42.6. The molecule has 1 amide bonds. The van der Waals surface area contributed by atoms with Crippen LogP contribution in [0.1, 0.15) is 19.8 Å². The van der Waals surface area contributed by atoms with Gasteiger partial charge in [0, 0.05) is 13.1 Å². The molecule has 16 heavy (non-hydrogen) atoms. The van der Waals surface area contributed by atoms with Crippen molar-refractivity contribution in [3.8, 4) is 6.07 Å². The van der Waals surface area contributed by atoms with E-state index in [2.05, 4.69) is 6.07 Å². The third kappa shape index (κ3) is 1.58. The summed E-state index contributed by atoms with van der Waals surface area (Å²) in [4.78, 5) is 13.5. The van der Waals surface area contributed by atoms with Gasteiger partial charge in [-0.25, -0.2) is 0 Å². The molecule has 0 bridgehead atoms. The number of carbonyl (C=O) groups excluding carboxylic acids is 1. The zero-order valence-corrected chi connectivity index (χ0v) is 9.26. The standard InChI is InChI=1S/C11H16N2O3/c1-7-2-11(3-7,6-12)10(16)13-4-8(14)9(15)5-13/h7-9,14-15H,2-5H2,1H3. The lowest BCUT2D eigenvalue weighted by Gasteiger charge is -2.41. The fourth-order valence-electron chi connectivity index (χ4n) is 2.68. The molecule has 0 aromatic heterocycles. The number of aliphatic hydroxyl groups excluding tert-OH is 2. The number of hydrogen-bond acceptors (Lipinski definition) is 4. The minimum Gasteiger partial charge on any atom is -0.388 e. The molecule has 1 saturated carbocycles. The van der Waals surface area contributed by atoms with Gasteiger partial charge in [-0.05, 0) is 18.8 Å². The van der Waals surface area contributed by atoms with Gasteiger partial charge in [0.15, 0.2) is 0 Å². The quantitative estimate of drug-likeness (QED) is 0.628. The minimum absolute atomic E-state index is 0.137. The van der Waals surface area contributed by atoms with Gasteiger partial charge in [0.25, 0.3) is 0 Å². The zero-order chi connectivity index (χ0) is 11.9. The van der Waals surface area contributed by atoms with E-state index in [4.69, 9.17) is 5.26 Å². The van der Waals surface area contributed by atoms with Crippen LogP contribution in [0.25, 0.3) is 0 Å². The monoisotopic (exact) mass is 224 g/mol. The van der Waals surface area contributed by atoms with E-state index >= 15 is 0 Å². The van der Waals surface area contributed by atoms with Gasteiger partial charge in [0.05, 0.1) is 18.3 Å². The summed E-state index contributed by atoms with van der Waals surface area (Å²) in [6, 6.07) is 2.10. The summed E-state index contributed by atoms with van der Waals surface area (Å²) in [6.45, 7) is 2.28. The number of nitrogens with zero attached hydrogens (tertiary/aromatic N) is 2. The van der Waals surface area contributed by atoms with E-state index in [-0.39, 0.29) is 19.0 Å². The first-order chi connectivity index (χ1) is 7.48. The maximum atomic E-state index is 12.1. The third-order valence-electron chi connectivity index (χ3n) is 3.56. The van der Waals surface area contributed by atoms with Crippen molar-refractivity contribution in [1.82, 2.24) is 4.90 Å². The number of hydrogen-bond donors (Lipinski definition) is 2. The lowest BCUT2D eigenvalue weighted by molar-refractivity contribution is -0.144. The van der Waals surface area contributed by atoms with Crippen LogP contribution in [-0.2, 0) is 4.79 Å². The van der Waals surface area contributed by atoms with Crippen molar-refractivity contribution >= 4 is 5.91 Å². The first kappa shape index (κ1) is 11.4. The summed E-state index contributed by atoms with van der Waals surface area (Å²) in [6.07, 6.45) is -0.579. The van der Waals surface area contributed by atoms with E-state index < -0.39 is 17.6 Å². The van der Waals surface area contributed by atoms with E-state index in [1.807, 2.05) is 6.92 Å². The van der Waals surface area contributed by atoms with Crippen molar-refractivity contribution in [3.05, 3.63) is 0 Å². The Balaban J connectivity index is 2.06. The average molecular weight is 224 g/mol. The van der Waals surface area contributed by atoms with Crippen molar-refractivity contribution < 1.29 is 15.0 Å². The second-order valence-electron chi connectivity index (χ2n) is 5.05. The van der Waals surface area contributed by atoms with Crippen LogP contribution < -0.4 is 0 Å². The Morgan fingerprint density at radius 3 is 2.25 bits per heavy atom. The minimum atomic E-state index is -0.900. The molecule has 1 saturated heterocycles. The molecule has 0 aromatic rings. The molecule has 1 aliphatic carbocycles. The van der Waals surface area contributed by atoms with E-state index in [0.717, 1.165) is 0 Å². The van der Waals surface area contributed by atoms with Crippen molar-refractivity contribution in [2.75, 3.05) is 13.1 Å². The van der Waals surface area contributed by atoms with Crippen LogP contribution in [0.5, 0.6) is 0 Å². The van der Waals surface area contributed by atoms with Crippen LogP contribution in [0.15, 0.2) is 0 Å². The molecular weight excluding hydrogens is 208 g/mol. The fourth-order valence-corrected chi connectivity index (χ4v) is 2.68. The Labute approximate surface area is 94.3 Å². The Morgan fingerprint density at radius 2 is 1.88 bits per heavy atom. The Hall–Kier alpha value is -1.12. The fraction of sp³-hybridized carbons (Fsp3) is 0.818. The summed E-state index contributed by atoms with van der Waals surface area (Å²) in [5, 5.41) is 27.8. The number of likely N-dealkylation sites (tertiary alicyclic amines) is 1. The predicted molar refractivity (Wildman–Crippen MR) is 55.0 cm³/mol. The highest BCUT2D eigenvalue weighted by atomic mass is 16.3. The van der Waals surface area contributed by atoms with Gasteiger partial charge in [0.1, 0.15) is 5.41 Å². The van der Waals surface area contributed by atoms with E-state index in [1.54, 1.807) is 0 Å². The van der Waals surface area contributed by atoms with E-state index in [9.17, 15) is 15.0 Å². The lowest BCUT2D eigenvalue weighted by Crippen LogP contribution is -2.49. The Kier molecular flexibility index (Phi) is 2.64. The zero-order valence-electron chi connectivity index (χ0n) is 9.26. The molecule has 0 radical (unpaired) electrons. The number of β-amino-alcohol motifs (C(OH)–C–C–N with tert-alkyl or cyclic N) is 2. The molecule has 0 aromatic carbocycles. The second-order valence-corrected chi connectivity index (χ2v) is 5.05. The largest absolute Gasteiger partial charge is 0.388 e. The van der Waals surface area contributed by atoms with Crippen LogP contribution in [0.3, 0.4) is 0 Å². The van der Waals surface area contributed by atoms with Gasteiger partial charge in [-0.2, -0.15) is 5.26 Å². The molecule has 2 unspecified atom stereocenters. The molecule has 2 fully saturated rings. The third-order valence-corrected chi connectivity index (χ3v) is 3.56. The lowest BCUT2D eigenvalue weighted by atomic mass is 9.63. The molecule has 2 aliphatic rings. The molecule has 1 aliphatic heterocycles. The van der Waals surface area contributed by atoms with Gasteiger partial charge >= 0.3 is 0 Å². The van der Waals surface area contributed by atoms with E-state index in [0.29, 0.717) is 18.8 Å². The molecule has 1 heterocycles. The van der Waals surface area contributed by atoms with Crippen molar-refractivity contribution in [2.45, 2.75) is 32.0 Å². The number of carbonyl (C=O) groups is 1. The van der Waals surface area contributed by atoms with Crippen molar-refractivity contribution in [2.24, 2.45) is 11.3 Å². The summed E-state index contributed by atoms with van der Waals surface area (Å²) in [5.41, 5.74) is -0.900. The van der Waals surface area contributed by atoms with Crippen LogP contribution >= 0.6 is 0 Å². The van der Waals surface area contributed by atoms with Gasteiger partial charge in [0.2, 0.25) is 5.91 Å². The number of rotatable bonds is 1. The summed E-state index contributed by atoms with van der Waals surface area (Å²) < 4.78 is 0. The predicted octanol–water partition coefficient (Wildman–Crippen LogP) is -0.510. The highest BCUT2D eigenvalue weighted by Crippen LogP contribution is 2.46. The highest BCUT2D eigenvalue weighted by Gasteiger charge is 2.52. The van der Waals surface area contributed by atoms with Crippen molar-refractivity contribution in [1.29, 1.82) is 5.26 Å². The molecule has 88 valence electrons. The molecule has 2 atom stereocenters. The van der Waals surface area contributed by atoms with Gasteiger partial charge in [-0.1, -0.05) is 6.92 Å². The van der Waals surface area contributed by atoms with Gasteiger partial charge in [-0.15, -0.1) is 0 Å². The molecule has 5 nitrogen and oxygen atoms in total. The topological polar surface area (TPSA) is 84.6 Å². The molecule has 0 spiro atoms. The number of nitriles is 1. The first-order valence-corrected chi connectivity index (χ1v) is 5.55. The van der Waals surface area contributed by atoms with Crippen LogP contribution in [0.2, 0.25) is 0 Å². The summed E-state index contributed by atoms with van der Waals surface area (Å²) >= 11 is 0. The Morgan fingerprint density at radius 1 is 1.38 bits per heavy atom. The van der Waals surface area contributed by atoms with E-state index in [1.165, 1.54) is 4.90 Å². The molecular formula is C11H16N2O3. The average Bonchev–Trinajstić information content (AvgIpc) is 2.53. The van der Waals surface area contributed by atoms with Gasteiger partial charge in [-0.3, -0.25) is 4.79 Å². The number of amides is 1. The smallest absolute Gasteiger partial charge is 0.243 e. The van der Waals surface area contributed by atoms with Crippen LogP contribution in [0.4, 0.5) is 0 Å². The molecule has 2 rings (SSSR count). The maximum Gasteiger partial charge on any atom is 0.243 e. The summed E-state index contributed by atoms with van der Waals surface area (Å²) in [7, 11) is 0. The molecule has 2 N–H and O–H groups in total. The maximum absolute atomic E-state index is 12.1. The second kappa shape index (κ2) is 3.72. The van der Waals surface area contributed by atoms with Crippen LogP contribution in [-0.4, -0.2) is 46.3 Å². The Bertz CT molecular complexity index is 334. The van der Waals surface area contributed by atoms with Crippen LogP contribution in [0, 0.1) is 22.7 Å². The highest BCUT2D eigenvalue weighted by molar-refractivity contribution is 5.87. The molecule has 5 heteroatoms. The number of aliphatic hydroxyl groups is 2.